The average molecular weight is 433 g/mol. The molecule has 0 bridgehead atoms. The van der Waals surface area contributed by atoms with Crippen LogP contribution in [0.15, 0.2) is 109 Å². The van der Waals surface area contributed by atoms with E-state index in [1.807, 2.05) is 30.3 Å². The standard InChI is InChI=1S/C28H24N4O/c1-3-8-22(9-4-1)14-17-25-12-7-13-27(24-10-5-2-6-11-24)28(25)33-20-23-15-18-26(19-16-23)32-21-29-30-31-32/h1-13,15-16,18-19,21H,14,17,20H2. The number of ether oxygens (including phenoxy) is 1. The lowest BCUT2D eigenvalue weighted by molar-refractivity contribution is 0.304. The molecule has 0 aliphatic carbocycles. The van der Waals surface area contributed by atoms with Crippen LogP contribution in [0.5, 0.6) is 5.75 Å². The Morgan fingerprint density at radius 2 is 1.42 bits per heavy atom. The number of benzene rings is 4. The number of aromatic nitrogens is 4. The Balaban J connectivity index is 1.40. The van der Waals surface area contributed by atoms with Gasteiger partial charge in [-0.25, -0.2) is 4.68 Å². The average Bonchev–Trinajstić information content (AvgIpc) is 3.43. The minimum atomic E-state index is 0.484. The van der Waals surface area contributed by atoms with Crippen molar-refractivity contribution in [2.45, 2.75) is 19.4 Å². The number of aryl methyl sites for hydroxylation is 2. The minimum Gasteiger partial charge on any atom is -0.488 e. The van der Waals surface area contributed by atoms with Crippen LogP contribution in [0.1, 0.15) is 16.7 Å². The Hall–Kier alpha value is -4.25. The van der Waals surface area contributed by atoms with Crippen LogP contribution < -0.4 is 4.74 Å². The van der Waals surface area contributed by atoms with Crippen molar-refractivity contribution in [2.24, 2.45) is 0 Å². The molecule has 0 radical (unpaired) electrons. The first-order valence-corrected chi connectivity index (χ1v) is 11.0. The molecule has 5 heteroatoms. The second-order valence-electron chi connectivity index (χ2n) is 7.85. The molecule has 0 aliphatic heterocycles. The van der Waals surface area contributed by atoms with Crippen LogP contribution in [0.2, 0.25) is 0 Å². The highest BCUT2D eigenvalue weighted by atomic mass is 16.5. The predicted molar refractivity (Wildman–Crippen MR) is 129 cm³/mol. The molecule has 33 heavy (non-hydrogen) atoms. The maximum atomic E-state index is 6.48. The van der Waals surface area contributed by atoms with Crippen molar-refractivity contribution in [2.75, 3.05) is 0 Å². The zero-order valence-electron chi connectivity index (χ0n) is 18.2. The van der Waals surface area contributed by atoms with Gasteiger partial charge in [0.15, 0.2) is 0 Å². The van der Waals surface area contributed by atoms with Crippen molar-refractivity contribution in [3.05, 3.63) is 126 Å². The molecule has 5 nitrogen and oxygen atoms in total. The first kappa shape index (κ1) is 20.6. The van der Waals surface area contributed by atoms with Gasteiger partial charge in [-0.1, -0.05) is 91.0 Å². The summed E-state index contributed by atoms with van der Waals surface area (Å²) in [4.78, 5) is 0. The summed E-state index contributed by atoms with van der Waals surface area (Å²) in [5.41, 5.74) is 6.81. The molecule has 0 aliphatic rings. The fraction of sp³-hybridized carbons (Fsp3) is 0.107. The van der Waals surface area contributed by atoms with Crippen LogP contribution in [-0.2, 0) is 19.4 Å². The number of para-hydroxylation sites is 1. The summed E-state index contributed by atoms with van der Waals surface area (Å²) >= 11 is 0. The number of nitrogens with zero attached hydrogens (tertiary/aromatic N) is 4. The van der Waals surface area contributed by atoms with Gasteiger partial charge in [-0.3, -0.25) is 0 Å². The molecule has 0 spiro atoms. The summed E-state index contributed by atoms with van der Waals surface area (Å²) in [5.74, 6) is 0.948. The third-order valence-corrected chi connectivity index (χ3v) is 5.64. The Kier molecular flexibility index (Phi) is 6.20. The molecule has 0 saturated heterocycles. The van der Waals surface area contributed by atoms with Crippen LogP contribution in [0.25, 0.3) is 16.8 Å². The summed E-state index contributed by atoms with van der Waals surface area (Å²) in [5, 5.41) is 11.3. The number of hydrogen-bond acceptors (Lipinski definition) is 4. The van der Waals surface area contributed by atoms with E-state index in [4.69, 9.17) is 4.74 Å². The monoisotopic (exact) mass is 432 g/mol. The van der Waals surface area contributed by atoms with Crippen LogP contribution in [0.3, 0.4) is 0 Å². The molecule has 0 unspecified atom stereocenters. The van der Waals surface area contributed by atoms with E-state index in [-0.39, 0.29) is 0 Å². The second-order valence-corrected chi connectivity index (χ2v) is 7.85. The van der Waals surface area contributed by atoms with Gasteiger partial charge in [0, 0.05) is 5.56 Å². The lowest BCUT2D eigenvalue weighted by Gasteiger charge is -2.17. The molecule has 0 fully saturated rings. The highest BCUT2D eigenvalue weighted by molar-refractivity contribution is 5.72. The predicted octanol–water partition coefficient (Wildman–Crippen LogP) is 5.69. The largest absolute Gasteiger partial charge is 0.488 e. The molecule has 5 rings (SSSR count). The first-order chi connectivity index (χ1) is 16.4. The molecular weight excluding hydrogens is 408 g/mol. The maximum Gasteiger partial charge on any atom is 0.143 e. The van der Waals surface area contributed by atoms with E-state index in [0.29, 0.717) is 6.61 Å². The summed E-state index contributed by atoms with van der Waals surface area (Å²) in [6.07, 6.45) is 3.47. The zero-order chi connectivity index (χ0) is 22.3. The van der Waals surface area contributed by atoms with Gasteiger partial charge in [0.25, 0.3) is 0 Å². The molecule has 162 valence electrons. The summed E-state index contributed by atoms with van der Waals surface area (Å²) in [7, 11) is 0. The number of tetrazole rings is 1. The zero-order valence-corrected chi connectivity index (χ0v) is 18.2. The molecule has 0 saturated carbocycles. The Labute approximate surface area is 193 Å². The SMILES string of the molecule is c1ccc(CCc2cccc(-c3ccccc3)c2OCc2ccc(-n3cnnn3)cc2)cc1. The smallest absolute Gasteiger partial charge is 0.143 e. The Morgan fingerprint density at radius 1 is 0.667 bits per heavy atom. The normalized spacial score (nSPS) is 10.8. The van der Waals surface area contributed by atoms with Gasteiger partial charge in [0.05, 0.1) is 5.69 Å². The van der Waals surface area contributed by atoms with Gasteiger partial charge in [-0.05, 0) is 57.7 Å². The lowest BCUT2D eigenvalue weighted by atomic mass is 9.97. The summed E-state index contributed by atoms with van der Waals surface area (Å²) < 4.78 is 8.12. The molecule has 1 heterocycles. The van der Waals surface area contributed by atoms with Crippen LogP contribution in [0.4, 0.5) is 0 Å². The van der Waals surface area contributed by atoms with Crippen molar-refractivity contribution in [1.29, 1.82) is 0 Å². The van der Waals surface area contributed by atoms with Crippen molar-refractivity contribution >= 4 is 0 Å². The minimum absolute atomic E-state index is 0.484. The second kappa shape index (κ2) is 9.92. The van der Waals surface area contributed by atoms with Gasteiger partial charge in [-0.2, -0.15) is 0 Å². The van der Waals surface area contributed by atoms with E-state index >= 15 is 0 Å². The molecule has 0 N–H and O–H groups in total. The van der Waals surface area contributed by atoms with Crippen LogP contribution >= 0.6 is 0 Å². The van der Waals surface area contributed by atoms with E-state index < -0.39 is 0 Å². The fourth-order valence-electron chi connectivity index (χ4n) is 3.90. The third kappa shape index (κ3) is 4.99. The van der Waals surface area contributed by atoms with Gasteiger partial charge in [0.2, 0.25) is 0 Å². The quantitative estimate of drug-likeness (QED) is 0.316. The molecule has 5 aromatic rings. The van der Waals surface area contributed by atoms with E-state index in [1.165, 1.54) is 11.1 Å². The van der Waals surface area contributed by atoms with Gasteiger partial charge >= 0.3 is 0 Å². The van der Waals surface area contributed by atoms with E-state index in [2.05, 4.69) is 88.3 Å². The molecule has 0 atom stereocenters. The molecule has 4 aromatic carbocycles. The third-order valence-electron chi connectivity index (χ3n) is 5.64. The van der Waals surface area contributed by atoms with Crippen LogP contribution in [0, 0.1) is 0 Å². The van der Waals surface area contributed by atoms with Gasteiger partial charge in [-0.15, -0.1) is 5.10 Å². The van der Waals surface area contributed by atoms with E-state index in [0.717, 1.165) is 41.0 Å². The molecule has 1 aromatic heterocycles. The Bertz CT molecular complexity index is 1290. The van der Waals surface area contributed by atoms with Crippen molar-refractivity contribution in [3.63, 3.8) is 0 Å². The number of rotatable bonds is 8. The van der Waals surface area contributed by atoms with E-state index in [1.54, 1.807) is 11.0 Å². The summed E-state index contributed by atoms with van der Waals surface area (Å²) in [6, 6.07) is 35.5. The fourth-order valence-corrected chi connectivity index (χ4v) is 3.90. The van der Waals surface area contributed by atoms with E-state index in [9.17, 15) is 0 Å². The highest BCUT2D eigenvalue weighted by Gasteiger charge is 2.12. The van der Waals surface area contributed by atoms with Crippen molar-refractivity contribution in [1.82, 2.24) is 20.2 Å². The lowest BCUT2D eigenvalue weighted by Crippen LogP contribution is -2.03. The number of hydrogen-bond donors (Lipinski definition) is 0. The Morgan fingerprint density at radius 3 is 2.15 bits per heavy atom. The van der Waals surface area contributed by atoms with Crippen molar-refractivity contribution < 1.29 is 4.74 Å². The first-order valence-electron chi connectivity index (χ1n) is 11.0. The van der Waals surface area contributed by atoms with Gasteiger partial charge in [0.1, 0.15) is 18.7 Å². The van der Waals surface area contributed by atoms with Crippen LogP contribution in [-0.4, -0.2) is 20.2 Å². The molecular formula is C28H24N4O. The molecule has 0 amide bonds. The van der Waals surface area contributed by atoms with Gasteiger partial charge < -0.3 is 4.74 Å². The topological polar surface area (TPSA) is 52.8 Å². The maximum absolute atomic E-state index is 6.48. The highest BCUT2D eigenvalue weighted by Crippen LogP contribution is 2.34. The summed E-state index contributed by atoms with van der Waals surface area (Å²) in [6.45, 7) is 0.484. The van der Waals surface area contributed by atoms with Crippen molar-refractivity contribution in [3.8, 4) is 22.6 Å².